The maximum atomic E-state index is 15.1. The SMILES string of the molecule is COc1ccccc1CNC(=O)C1c2c(C)nn(-c3ccccc3)c2SCC(=O)N1c1cc(F)ccc1F. The topological polar surface area (TPSA) is 76.5 Å². The number of nitrogens with zero attached hydrogens (tertiary/aromatic N) is 3. The lowest BCUT2D eigenvalue weighted by Gasteiger charge is -2.30. The van der Waals surface area contributed by atoms with E-state index in [1.807, 2.05) is 42.5 Å². The van der Waals surface area contributed by atoms with Crippen molar-refractivity contribution in [1.29, 1.82) is 0 Å². The standard InChI is InChI=1S/C28H24F2N4O3S/c1-17-25-26(27(36)31-15-18-8-6-7-11-23(18)37-2)33(22-14-19(29)12-13-21(22)30)24(35)16-38-28(25)34(32-17)20-9-4-3-5-10-20/h3-14,26H,15-16H2,1-2H3,(H,31,36). The van der Waals surface area contributed by atoms with E-state index in [1.165, 1.54) is 18.9 Å². The van der Waals surface area contributed by atoms with E-state index in [2.05, 4.69) is 10.4 Å². The van der Waals surface area contributed by atoms with Gasteiger partial charge in [-0.15, -0.1) is 0 Å². The van der Waals surface area contributed by atoms with Crippen molar-refractivity contribution in [3.05, 3.63) is 101 Å². The summed E-state index contributed by atoms with van der Waals surface area (Å²) in [7, 11) is 1.53. The van der Waals surface area contributed by atoms with Crippen LogP contribution in [0.15, 0.2) is 77.8 Å². The highest BCUT2D eigenvalue weighted by molar-refractivity contribution is 8.00. The Morgan fingerprint density at radius 2 is 1.84 bits per heavy atom. The molecule has 2 heterocycles. The van der Waals surface area contributed by atoms with Gasteiger partial charge in [0.15, 0.2) is 0 Å². The summed E-state index contributed by atoms with van der Waals surface area (Å²) in [5, 5.41) is 8.12. The molecule has 1 atom stereocenters. The van der Waals surface area contributed by atoms with E-state index >= 15 is 4.39 Å². The summed E-state index contributed by atoms with van der Waals surface area (Å²) in [6, 6.07) is 18.1. The van der Waals surface area contributed by atoms with Gasteiger partial charge in [0.2, 0.25) is 11.8 Å². The fourth-order valence-electron chi connectivity index (χ4n) is 4.51. The Hall–Kier alpha value is -4.18. The molecule has 0 spiro atoms. The first-order valence-corrected chi connectivity index (χ1v) is 12.8. The minimum Gasteiger partial charge on any atom is -0.496 e. The molecule has 0 fully saturated rings. The van der Waals surface area contributed by atoms with Crippen LogP contribution in [0.3, 0.4) is 0 Å². The monoisotopic (exact) mass is 534 g/mol. The number of fused-ring (bicyclic) bond motifs is 1. The normalized spacial score (nSPS) is 15.1. The van der Waals surface area contributed by atoms with Gasteiger partial charge in [-0.2, -0.15) is 5.10 Å². The second kappa shape index (κ2) is 10.7. The van der Waals surface area contributed by atoms with Gasteiger partial charge >= 0.3 is 0 Å². The number of para-hydroxylation sites is 2. The van der Waals surface area contributed by atoms with Crippen LogP contribution in [0.1, 0.15) is 22.9 Å². The second-order valence-electron chi connectivity index (χ2n) is 8.63. The number of nitrogens with one attached hydrogen (secondary N) is 1. The number of thioether (sulfide) groups is 1. The lowest BCUT2D eigenvalue weighted by Crippen LogP contribution is -2.44. The van der Waals surface area contributed by atoms with Gasteiger partial charge in [-0.05, 0) is 37.3 Å². The molecule has 7 nitrogen and oxygen atoms in total. The van der Waals surface area contributed by atoms with Crippen molar-refractivity contribution in [3.8, 4) is 11.4 Å². The van der Waals surface area contributed by atoms with Crippen LogP contribution in [0.4, 0.5) is 14.5 Å². The summed E-state index contributed by atoms with van der Waals surface area (Å²) >= 11 is 1.20. The third kappa shape index (κ3) is 4.74. The Balaban J connectivity index is 1.64. The van der Waals surface area contributed by atoms with Crippen LogP contribution in [0.5, 0.6) is 5.75 Å². The third-order valence-corrected chi connectivity index (χ3v) is 7.32. The predicted molar refractivity (Wildman–Crippen MR) is 140 cm³/mol. The van der Waals surface area contributed by atoms with Crippen molar-refractivity contribution in [2.45, 2.75) is 24.5 Å². The zero-order chi connectivity index (χ0) is 26.8. The summed E-state index contributed by atoms with van der Waals surface area (Å²) < 4.78 is 36.4. The molecular formula is C28H24F2N4O3S. The minimum absolute atomic E-state index is 0.0986. The molecule has 4 aromatic rings. The fraction of sp³-hybridized carbons (Fsp3) is 0.179. The molecule has 194 valence electrons. The largest absolute Gasteiger partial charge is 0.496 e. The Labute approximate surface area is 222 Å². The zero-order valence-corrected chi connectivity index (χ0v) is 21.5. The summed E-state index contributed by atoms with van der Waals surface area (Å²) in [5.41, 5.74) is 2.09. The average molecular weight is 535 g/mol. The maximum absolute atomic E-state index is 15.1. The van der Waals surface area contributed by atoms with Crippen molar-refractivity contribution in [3.63, 3.8) is 0 Å². The number of benzene rings is 3. The van der Waals surface area contributed by atoms with Gasteiger partial charge in [-0.25, -0.2) is 13.5 Å². The number of aryl methyl sites for hydroxylation is 1. The average Bonchev–Trinajstić information content (AvgIpc) is 3.17. The van der Waals surface area contributed by atoms with E-state index in [4.69, 9.17) is 4.74 Å². The third-order valence-electron chi connectivity index (χ3n) is 6.26. The quantitative estimate of drug-likeness (QED) is 0.378. The highest BCUT2D eigenvalue weighted by Gasteiger charge is 2.41. The van der Waals surface area contributed by atoms with E-state index in [0.29, 0.717) is 22.0 Å². The molecule has 1 aromatic heterocycles. The lowest BCUT2D eigenvalue weighted by atomic mass is 10.0. The van der Waals surface area contributed by atoms with Gasteiger partial charge in [0.05, 0.1) is 29.9 Å². The first-order chi connectivity index (χ1) is 18.4. The maximum Gasteiger partial charge on any atom is 0.248 e. The Kier molecular flexibility index (Phi) is 7.15. The van der Waals surface area contributed by atoms with Crippen LogP contribution in [0.2, 0.25) is 0 Å². The Bertz CT molecular complexity index is 1510. The number of rotatable bonds is 6. The van der Waals surface area contributed by atoms with Crippen molar-refractivity contribution in [2.24, 2.45) is 0 Å². The molecule has 1 aliphatic rings. The molecule has 5 rings (SSSR count). The molecule has 3 aromatic carbocycles. The summed E-state index contributed by atoms with van der Waals surface area (Å²) in [6.07, 6.45) is 0. The van der Waals surface area contributed by atoms with Gasteiger partial charge in [0, 0.05) is 23.7 Å². The van der Waals surface area contributed by atoms with Crippen LogP contribution < -0.4 is 15.0 Å². The molecule has 1 unspecified atom stereocenters. The molecule has 0 saturated heterocycles. The number of halogens is 2. The van der Waals surface area contributed by atoms with Gasteiger partial charge < -0.3 is 10.1 Å². The number of amides is 2. The van der Waals surface area contributed by atoms with E-state index in [-0.39, 0.29) is 18.0 Å². The number of aromatic nitrogens is 2. The molecule has 1 N–H and O–H groups in total. The molecular weight excluding hydrogens is 510 g/mol. The molecule has 0 aliphatic carbocycles. The van der Waals surface area contributed by atoms with E-state index < -0.39 is 29.5 Å². The van der Waals surface area contributed by atoms with Gasteiger partial charge in [-0.1, -0.05) is 48.2 Å². The van der Waals surface area contributed by atoms with E-state index in [0.717, 1.165) is 34.3 Å². The lowest BCUT2D eigenvalue weighted by molar-refractivity contribution is -0.126. The van der Waals surface area contributed by atoms with Crippen LogP contribution in [-0.4, -0.2) is 34.5 Å². The van der Waals surface area contributed by atoms with Crippen LogP contribution >= 0.6 is 11.8 Å². The van der Waals surface area contributed by atoms with Crippen LogP contribution in [0.25, 0.3) is 5.69 Å². The Morgan fingerprint density at radius 1 is 1.11 bits per heavy atom. The predicted octanol–water partition coefficient (Wildman–Crippen LogP) is 4.96. The van der Waals surface area contributed by atoms with Crippen molar-refractivity contribution in [1.82, 2.24) is 15.1 Å². The first kappa shape index (κ1) is 25.5. The molecule has 38 heavy (non-hydrogen) atoms. The van der Waals surface area contributed by atoms with Gasteiger partial charge in [-0.3, -0.25) is 14.5 Å². The number of methoxy groups -OCH3 is 1. The van der Waals surface area contributed by atoms with Crippen molar-refractivity contribution < 1.29 is 23.1 Å². The Morgan fingerprint density at radius 3 is 2.61 bits per heavy atom. The smallest absolute Gasteiger partial charge is 0.248 e. The summed E-state index contributed by atoms with van der Waals surface area (Å²) in [5.74, 6) is -2.15. The molecule has 0 saturated carbocycles. The van der Waals surface area contributed by atoms with E-state index in [1.54, 1.807) is 23.7 Å². The highest BCUT2D eigenvalue weighted by atomic mass is 32.2. The molecule has 1 aliphatic heterocycles. The summed E-state index contributed by atoms with van der Waals surface area (Å²) in [4.78, 5) is 28.4. The first-order valence-electron chi connectivity index (χ1n) is 11.8. The minimum atomic E-state index is -1.30. The van der Waals surface area contributed by atoms with Crippen molar-refractivity contribution >= 4 is 29.3 Å². The number of carbonyl (C=O) groups is 2. The second-order valence-corrected chi connectivity index (χ2v) is 9.60. The molecule has 2 amide bonds. The number of carbonyl (C=O) groups excluding carboxylic acids is 2. The number of anilines is 1. The van der Waals surface area contributed by atoms with Crippen LogP contribution in [0, 0.1) is 18.6 Å². The number of ether oxygens (including phenoxy) is 1. The fourth-order valence-corrected chi connectivity index (χ4v) is 5.59. The van der Waals surface area contributed by atoms with Gasteiger partial charge in [0.25, 0.3) is 0 Å². The highest BCUT2D eigenvalue weighted by Crippen LogP contribution is 2.41. The molecule has 10 heteroatoms. The van der Waals surface area contributed by atoms with E-state index in [9.17, 15) is 14.0 Å². The van der Waals surface area contributed by atoms with Gasteiger partial charge in [0.1, 0.15) is 28.5 Å². The summed E-state index contributed by atoms with van der Waals surface area (Å²) in [6.45, 7) is 1.83. The molecule has 0 radical (unpaired) electrons. The number of hydrogen-bond acceptors (Lipinski definition) is 5. The number of hydrogen-bond donors (Lipinski definition) is 1. The van der Waals surface area contributed by atoms with Crippen molar-refractivity contribution in [2.75, 3.05) is 17.8 Å². The zero-order valence-electron chi connectivity index (χ0n) is 20.7. The molecule has 0 bridgehead atoms. The van der Waals surface area contributed by atoms with Crippen LogP contribution in [-0.2, 0) is 16.1 Å².